The molecule has 0 fully saturated rings. The van der Waals surface area contributed by atoms with Crippen LogP contribution in [-0.4, -0.2) is 44.5 Å². The van der Waals surface area contributed by atoms with Gasteiger partial charge in [-0.25, -0.2) is 0 Å². The van der Waals surface area contributed by atoms with Crippen LogP contribution in [0.2, 0.25) is 0 Å². The predicted octanol–water partition coefficient (Wildman–Crippen LogP) is 3.13. The van der Waals surface area contributed by atoms with Gasteiger partial charge in [-0.05, 0) is 48.4 Å². The molecule has 0 bridgehead atoms. The summed E-state index contributed by atoms with van der Waals surface area (Å²) < 4.78 is 10.8. The Kier molecular flexibility index (Phi) is 7.63. The van der Waals surface area contributed by atoms with Gasteiger partial charge in [-0.1, -0.05) is 18.2 Å². The lowest BCUT2D eigenvalue weighted by atomic mass is 10.1. The van der Waals surface area contributed by atoms with Crippen LogP contribution in [0.15, 0.2) is 48.5 Å². The number of benzene rings is 2. The van der Waals surface area contributed by atoms with E-state index in [-0.39, 0.29) is 11.8 Å². The molecule has 0 atom stereocenters. The van der Waals surface area contributed by atoms with Crippen molar-refractivity contribution in [3.05, 3.63) is 65.2 Å². The van der Waals surface area contributed by atoms with Gasteiger partial charge >= 0.3 is 0 Å². The van der Waals surface area contributed by atoms with Crippen molar-refractivity contribution in [1.82, 2.24) is 10.2 Å². The highest BCUT2D eigenvalue weighted by molar-refractivity contribution is 5.94. The van der Waals surface area contributed by atoms with E-state index in [0.717, 1.165) is 11.1 Å². The Morgan fingerprint density at radius 1 is 1.11 bits per heavy atom. The number of carbonyl (C=O) groups excluding carboxylic acids is 2. The number of hydrogen-bond donors (Lipinski definition) is 1. The van der Waals surface area contributed by atoms with Crippen molar-refractivity contribution in [3.8, 4) is 11.5 Å². The summed E-state index contributed by atoms with van der Waals surface area (Å²) >= 11 is 0. The zero-order valence-electron chi connectivity index (χ0n) is 16.7. The molecule has 2 amide bonds. The van der Waals surface area contributed by atoms with Crippen molar-refractivity contribution in [2.75, 3.05) is 27.8 Å². The molecule has 0 unspecified atom stereocenters. The van der Waals surface area contributed by atoms with Crippen LogP contribution < -0.4 is 14.8 Å². The number of hydrogen-bond acceptors (Lipinski definition) is 4. The molecule has 1 N–H and O–H groups in total. The highest BCUT2D eigenvalue weighted by Crippen LogP contribution is 2.28. The third-order valence-electron chi connectivity index (χ3n) is 4.15. The van der Waals surface area contributed by atoms with Crippen LogP contribution in [0, 0.1) is 0 Å². The van der Waals surface area contributed by atoms with Gasteiger partial charge in [-0.2, -0.15) is 0 Å². The molecule has 0 saturated heterocycles. The average molecular weight is 382 g/mol. The standard InChI is InChI=1S/C22H26N2O4/c1-5-28-20-14-16(8-12-19(20)27-4)9-13-21(25)24(3)15-17-6-10-18(11-7-17)22(26)23-2/h6-14H,5,15H2,1-4H3,(H,23,26)/b13-9+. The maximum Gasteiger partial charge on any atom is 0.251 e. The van der Waals surface area contributed by atoms with Gasteiger partial charge in [0.25, 0.3) is 5.91 Å². The fourth-order valence-electron chi connectivity index (χ4n) is 2.62. The van der Waals surface area contributed by atoms with E-state index in [1.54, 1.807) is 44.3 Å². The summed E-state index contributed by atoms with van der Waals surface area (Å²) in [6.45, 7) is 2.88. The van der Waals surface area contributed by atoms with Gasteiger partial charge in [0, 0.05) is 32.3 Å². The van der Waals surface area contributed by atoms with Crippen LogP contribution in [0.1, 0.15) is 28.4 Å². The van der Waals surface area contributed by atoms with Crippen molar-refractivity contribution >= 4 is 17.9 Å². The lowest BCUT2D eigenvalue weighted by molar-refractivity contribution is -0.125. The highest BCUT2D eigenvalue weighted by atomic mass is 16.5. The van der Waals surface area contributed by atoms with E-state index in [9.17, 15) is 9.59 Å². The molecule has 0 heterocycles. The highest BCUT2D eigenvalue weighted by Gasteiger charge is 2.08. The van der Waals surface area contributed by atoms with Gasteiger partial charge < -0.3 is 19.7 Å². The summed E-state index contributed by atoms with van der Waals surface area (Å²) in [4.78, 5) is 25.6. The number of ether oxygens (including phenoxy) is 2. The van der Waals surface area contributed by atoms with Crippen LogP contribution in [0.5, 0.6) is 11.5 Å². The summed E-state index contributed by atoms with van der Waals surface area (Å²) in [5.41, 5.74) is 2.38. The molecule has 0 radical (unpaired) electrons. The Morgan fingerprint density at radius 2 is 1.82 bits per heavy atom. The second kappa shape index (κ2) is 10.2. The first-order chi connectivity index (χ1) is 13.5. The first-order valence-electron chi connectivity index (χ1n) is 9.03. The Hall–Kier alpha value is -3.28. The first-order valence-corrected chi connectivity index (χ1v) is 9.03. The predicted molar refractivity (Wildman–Crippen MR) is 110 cm³/mol. The number of rotatable bonds is 8. The number of nitrogens with one attached hydrogen (secondary N) is 1. The fraction of sp³-hybridized carbons (Fsp3) is 0.273. The quantitative estimate of drug-likeness (QED) is 0.713. The van der Waals surface area contributed by atoms with E-state index in [1.165, 1.54) is 6.08 Å². The zero-order chi connectivity index (χ0) is 20.5. The van der Waals surface area contributed by atoms with E-state index in [2.05, 4.69) is 5.32 Å². The average Bonchev–Trinajstić information content (AvgIpc) is 2.72. The molecule has 0 aliphatic rings. The van der Waals surface area contributed by atoms with Crippen LogP contribution >= 0.6 is 0 Å². The molecule has 2 aromatic rings. The topological polar surface area (TPSA) is 67.9 Å². The number of likely N-dealkylation sites (N-methyl/N-ethyl adjacent to an activating group) is 1. The molecule has 6 nitrogen and oxygen atoms in total. The molecular weight excluding hydrogens is 356 g/mol. The second-order valence-corrected chi connectivity index (χ2v) is 6.15. The van der Waals surface area contributed by atoms with Gasteiger partial charge in [0.1, 0.15) is 0 Å². The normalized spacial score (nSPS) is 10.6. The molecule has 0 saturated carbocycles. The zero-order valence-corrected chi connectivity index (χ0v) is 16.7. The SMILES string of the molecule is CCOc1cc(/C=C/C(=O)N(C)Cc2ccc(C(=O)NC)cc2)ccc1OC. The minimum Gasteiger partial charge on any atom is -0.493 e. The summed E-state index contributed by atoms with van der Waals surface area (Å²) in [5.74, 6) is 1.04. The number of carbonyl (C=O) groups is 2. The lowest BCUT2D eigenvalue weighted by Gasteiger charge is -2.15. The van der Waals surface area contributed by atoms with Gasteiger partial charge in [0.05, 0.1) is 13.7 Å². The van der Waals surface area contributed by atoms with Crippen molar-refractivity contribution in [2.45, 2.75) is 13.5 Å². The Balaban J connectivity index is 2.01. The third-order valence-corrected chi connectivity index (χ3v) is 4.15. The first kappa shape index (κ1) is 21.0. The van der Waals surface area contributed by atoms with E-state index in [0.29, 0.717) is 30.2 Å². The van der Waals surface area contributed by atoms with Crippen LogP contribution in [0.4, 0.5) is 0 Å². The Bertz CT molecular complexity index is 844. The van der Waals surface area contributed by atoms with Crippen LogP contribution in [0.3, 0.4) is 0 Å². The maximum atomic E-state index is 12.4. The van der Waals surface area contributed by atoms with Gasteiger partial charge in [0.15, 0.2) is 11.5 Å². The van der Waals surface area contributed by atoms with Crippen molar-refractivity contribution < 1.29 is 19.1 Å². The molecule has 0 spiro atoms. The molecular formula is C22H26N2O4. The van der Waals surface area contributed by atoms with Crippen LogP contribution in [0.25, 0.3) is 6.08 Å². The largest absolute Gasteiger partial charge is 0.493 e. The van der Waals surface area contributed by atoms with Crippen LogP contribution in [-0.2, 0) is 11.3 Å². The third kappa shape index (κ3) is 5.61. The molecule has 6 heteroatoms. The van der Waals surface area contributed by atoms with Crippen molar-refractivity contribution in [1.29, 1.82) is 0 Å². The lowest BCUT2D eigenvalue weighted by Crippen LogP contribution is -2.24. The van der Waals surface area contributed by atoms with E-state index >= 15 is 0 Å². The maximum absolute atomic E-state index is 12.4. The summed E-state index contributed by atoms with van der Waals surface area (Å²) in [6, 6.07) is 12.7. The molecule has 0 aromatic heterocycles. The molecule has 0 aliphatic heterocycles. The monoisotopic (exact) mass is 382 g/mol. The van der Waals surface area contributed by atoms with E-state index in [4.69, 9.17) is 9.47 Å². The molecule has 28 heavy (non-hydrogen) atoms. The Labute approximate surface area is 165 Å². The van der Waals surface area contributed by atoms with Gasteiger partial charge in [-0.3, -0.25) is 9.59 Å². The fourth-order valence-corrected chi connectivity index (χ4v) is 2.62. The van der Waals surface area contributed by atoms with Gasteiger partial charge in [0.2, 0.25) is 5.91 Å². The summed E-state index contributed by atoms with van der Waals surface area (Å²) in [6.07, 6.45) is 3.27. The Morgan fingerprint density at radius 3 is 2.43 bits per heavy atom. The van der Waals surface area contributed by atoms with Crippen molar-refractivity contribution in [2.24, 2.45) is 0 Å². The molecule has 2 aromatic carbocycles. The molecule has 2 rings (SSSR count). The summed E-state index contributed by atoms with van der Waals surface area (Å²) in [7, 11) is 4.92. The van der Waals surface area contributed by atoms with E-state index in [1.807, 2.05) is 37.3 Å². The summed E-state index contributed by atoms with van der Waals surface area (Å²) in [5, 5.41) is 2.58. The minimum atomic E-state index is -0.134. The van der Waals surface area contributed by atoms with E-state index < -0.39 is 0 Å². The number of methoxy groups -OCH3 is 1. The molecule has 148 valence electrons. The molecule has 0 aliphatic carbocycles. The van der Waals surface area contributed by atoms with Crippen molar-refractivity contribution in [3.63, 3.8) is 0 Å². The van der Waals surface area contributed by atoms with Gasteiger partial charge in [-0.15, -0.1) is 0 Å². The smallest absolute Gasteiger partial charge is 0.251 e. The number of amides is 2. The minimum absolute atomic E-state index is 0.121. The second-order valence-electron chi connectivity index (χ2n) is 6.15. The number of nitrogens with zero attached hydrogens (tertiary/aromatic N) is 1.